The molecule has 0 heterocycles. The molecule has 0 fully saturated rings. The predicted octanol–water partition coefficient (Wildman–Crippen LogP) is 2.95. The van der Waals surface area contributed by atoms with Crippen molar-refractivity contribution in [3.8, 4) is 0 Å². The number of hydrogen-bond donors (Lipinski definition) is 2. The third-order valence-corrected chi connectivity index (χ3v) is 3.22. The Morgan fingerprint density at radius 1 is 1.00 bits per heavy atom. The summed E-state index contributed by atoms with van der Waals surface area (Å²) in [5, 5.41) is 2.95. The summed E-state index contributed by atoms with van der Waals surface area (Å²) in [6, 6.07) is 9.88. The SMILES string of the molecule is CS(=O)(=O)Nc1ccccc1NCc1cc(F)cc(F)c1. The Kier molecular flexibility index (Phi) is 4.42. The molecule has 2 aromatic carbocycles. The maximum Gasteiger partial charge on any atom is 0.229 e. The molecule has 2 aromatic rings. The maximum absolute atomic E-state index is 13.1. The highest BCUT2D eigenvalue weighted by Crippen LogP contribution is 2.22. The number of halogens is 2. The number of benzene rings is 2. The van der Waals surface area contributed by atoms with Gasteiger partial charge in [-0.15, -0.1) is 0 Å². The van der Waals surface area contributed by atoms with Crippen LogP contribution >= 0.6 is 0 Å². The number of rotatable bonds is 5. The van der Waals surface area contributed by atoms with Crippen LogP contribution in [0.3, 0.4) is 0 Å². The molecule has 0 bridgehead atoms. The van der Waals surface area contributed by atoms with Crippen LogP contribution in [0.5, 0.6) is 0 Å². The van der Waals surface area contributed by atoms with E-state index in [1.54, 1.807) is 24.3 Å². The molecular weight excluding hydrogens is 298 g/mol. The van der Waals surface area contributed by atoms with Gasteiger partial charge in [0, 0.05) is 12.6 Å². The molecule has 0 aliphatic carbocycles. The molecule has 0 radical (unpaired) electrons. The minimum absolute atomic E-state index is 0.164. The summed E-state index contributed by atoms with van der Waals surface area (Å²) in [4.78, 5) is 0. The quantitative estimate of drug-likeness (QED) is 0.892. The molecule has 0 saturated heterocycles. The molecule has 0 atom stereocenters. The molecule has 0 aliphatic heterocycles. The van der Waals surface area contributed by atoms with Gasteiger partial charge in [-0.1, -0.05) is 12.1 Å². The molecule has 7 heteroatoms. The minimum atomic E-state index is -3.41. The molecule has 112 valence electrons. The van der Waals surface area contributed by atoms with Gasteiger partial charge in [-0.3, -0.25) is 4.72 Å². The van der Waals surface area contributed by atoms with Crippen LogP contribution in [-0.4, -0.2) is 14.7 Å². The van der Waals surface area contributed by atoms with Gasteiger partial charge < -0.3 is 5.32 Å². The van der Waals surface area contributed by atoms with E-state index < -0.39 is 21.7 Å². The molecule has 0 spiro atoms. The Morgan fingerprint density at radius 2 is 1.57 bits per heavy atom. The van der Waals surface area contributed by atoms with E-state index in [2.05, 4.69) is 10.0 Å². The van der Waals surface area contributed by atoms with E-state index in [1.165, 1.54) is 12.1 Å². The van der Waals surface area contributed by atoms with Gasteiger partial charge in [-0.2, -0.15) is 0 Å². The van der Waals surface area contributed by atoms with Crippen molar-refractivity contribution in [3.05, 3.63) is 59.7 Å². The summed E-state index contributed by atoms with van der Waals surface area (Å²) in [6.07, 6.45) is 1.05. The second-order valence-electron chi connectivity index (χ2n) is 4.55. The monoisotopic (exact) mass is 312 g/mol. The molecule has 21 heavy (non-hydrogen) atoms. The van der Waals surface area contributed by atoms with Gasteiger partial charge in [0.1, 0.15) is 11.6 Å². The topological polar surface area (TPSA) is 58.2 Å². The fraction of sp³-hybridized carbons (Fsp3) is 0.143. The van der Waals surface area contributed by atoms with Crippen LogP contribution in [-0.2, 0) is 16.6 Å². The van der Waals surface area contributed by atoms with Gasteiger partial charge in [0.15, 0.2) is 0 Å². The highest BCUT2D eigenvalue weighted by Gasteiger charge is 2.07. The number of anilines is 2. The zero-order valence-corrected chi connectivity index (χ0v) is 12.0. The average Bonchev–Trinajstić information content (AvgIpc) is 2.35. The summed E-state index contributed by atoms with van der Waals surface area (Å²) < 4.78 is 51.1. The Labute approximate surface area is 121 Å². The number of sulfonamides is 1. The second kappa shape index (κ2) is 6.09. The average molecular weight is 312 g/mol. The first-order chi connectivity index (χ1) is 9.83. The molecular formula is C14H14F2N2O2S. The van der Waals surface area contributed by atoms with Crippen molar-refractivity contribution in [2.75, 3.05) is 16.3 Å². The first kappa shape index (κ1) is 15.2. The van der Waals surface area contributed by atoms with E-state index in [0.29, 0.717) is 16.9 Å². The summed E-state index contributed by atoms with van der Waals surface area (Å²) in [5.74, 6) is -1.32. The molecule has 2 rings (SSSR count). The molecule has 0 aromatic heterocycles. The second-order valence-corrected chi connectivity index (χ2v) is 6.30. The zero-order valence-electron chi connectivity index (χ0n) is 11.2. The fourth-order valence-corrected chi connectivity index (χ4v) is 2.41. The summed E-state index contributed by atoms with van der Waals surface area (Å²) in [6.45, 7) is 0.164. The summed E-state index contributed by atoms with van der Waals surface area (Å²) in [7, 11) is -3.41. The van der Waals surface area contributed by atoms with Crippen molar-refractivity contribution in [1.82, 2.24) is 0 Å². The molecule has 2 N–H and O–H groups in total. The Bertz CT molecular complexity index is 728. The van der Waals surface area contributed by atoms with E-state index >= 15 is 0 Å². The van der Waals surface area contributed by atoms with Crippen LogP contribution < -0.4 is 10.0 Å². The van der Waals surface area contributed by atoms with Crippen LogP contribution in [0, 0.1) is 11.6 Å². The van der Waals surface area contributed by atoms with Gasteiger partial charge in [0.25, 0.3) is 0 Å². The molecule has 0 unspecified atom stereocenters. The highest BCUT2D eigenvalue weighted by molar-refractivity contribution is 7.92. The predicted molar refractivity (Wildman–Crippen MR) is 78.6 cm³/mol. The molecule has 0 saturated carbocycles. The lowest BCUT2D eigenvalue weighted by atomic mass is 10.2. The van der Waals surface area contributed by atoms with E-state index in [1.807, 2.05) is 0 Å². The van der Waals surface area contributed by atoms with E-state index in [9.17, 15) is 17.2 Å². The van der Waals surface area contributed by atoms with Crippen LogP contribution in [0.2, 0.25) is 0 Å². The fourth-order valence-electron chi connectivity index (χ4n) is 1.84. The lowest BCUT2D eigenvalue weighted by Gasteiger charge is -2.13. The Hall–Kier alpha value is -2.15. The molecule has 4 nitrogen and oxygen atoms in total. The van der Waals surface area contributed by atoms with Crippen LogP contribution in [0.1, 0.15) is 5.56 Å². The van der Waals surface area contributed by atoms with E-state index in [-0.39, 0.29) is 6.54 Å². The van der Waals surface area contributed by atoms with Crippen LogP contribution in [0.25, 0.3) is 0 Å². The maximum atomic E-state index is 13.1. The van der Waals surface area contributed by atoms with Gasteiger partial charge in [-0.05, 0) is 29.8 Å². The van der Waals surface area contributed by atoms with Gasteiger partial charge in [-0.25, -0.2) is 17.2 Å². The smallest absolute Gasteiger partial charge is 0.229 e. The van der Waals surface area contributed by atoms with Crippen molar-refractivity contribution in [2.45, 2.75) is 6.54 Å². The van der Waals surface area contributed by atoms with Gasteiger partial charge in [0.2, 0.25) is 10.0 Å². The summed E-state index contributed by atoms with van der Waals surface area (Å²) in [5.41, 5.74) is 1.31. The largest absolute Gasteiger partial charge is 0.379 e. The first-order valence-electron chi connectivity index (χ1n) is 6.09. The van der Waals surface area contributed by atoms with Crippen molar-refractivity contribution in [3.63, 3.8) is 0 Å². The zero-order chi connectivity index (χ0) is 15.5. The first-order valence-corrected chi connectivity index (χ1v) is 7.98. The van der Waals surface area contributed by atoms with E-state index in [4.69, 9.17) is 0 Å². The van der Waals surface area contributed by atoms with Crippen molar-refractivity contribution in [2.24, 2.45) is 0 Å². The molecule has 0 aliphatic rings. The lowest BCUT2D eigenvalue weighted by Crippen LogP contribution is -2.12. The van der Waals surface area contributed by atoms with Gasteiger partial charge >= 0.3 is 0 Å². The number of para-hydroxylation sites is 2. The van der Waals surface area contributed by atoms with Crippen molar-refractivity contribution < 1.29 is 17.2 Å². The van der Waals surface area contributed by atoms with Crippen LogP contribution in [0.15, 0.2) is 42.5 Å². The van der Waals surface area contributed by atoms with Gasteiger partial charge in [0.05, 0.1) is 17.6 Å². The minimum Gasteiger partial charge on any atom is -0.379 e. The third-order valence-electron chi connectivity index (χ3n) is 2.63. The Balaban J connectivity index is 2.16. The molecule has 0 amide bonds. The third kappa shape index (κ3) is 4.71. The number of nitrogens with one attached hydrogen (secondary N) is 2. The van der Waals surface area contributed by atoms with Crippen molar-refractivity contribution >= 4 is 21.4 Å². The normalized spacial score (nSPS) is 11.2. The Morgan fingerprint density at radius 3 is 2.14 bits per heavy atom. The van der Waals surface area contributed by atoms with E-state index in [0.717, 1.165) is 12.3 Å². The highest BCUT2D eigenvalue weighted by atomic mass is 32.2. The van der Waals surface area contributed by atoms with Crippen LogP contribution in [0.4, 0.5) is 20.2 Å². The summed E-state index contributed by atoms with van der Waals surface area (Å²) >= 11 is 0. The number of hydrogen-bond acceptors (Lipinski definition) is 3. The lowest BCUT2D eigenvalue weighted by molar-refractivity contribution is 0.580. The standard InChI is InChI=1S/C14H14F2N2O2S/c1-21(19,20)18-14-5-3-2-4-13(14)17-9-10-6-11(15)8-12(16)7-10/h2-8,17-18H,9H2,1H3. The van der Waals surface area contributed by atoms with Crippen molar-refractivity contribution in [1.29, 1.82) is 0 Å².